The molecule has 0 saturated carbocycles. The number of fused-ring (bicyclic) bond motifs is 1. The number of amides is 2. The number of aromatic amines is 1. The number of H-pyrrole nitrogens is 1. The highest BCUT2D eigenvalue weighted by Crippen LogP contribution is 2.21. The first kappa shape index (κ1) is 16.8. The molecule has 0 spiro atoms. The first-order valence-corrected chi connectivity index (χ1v) is 8.01. The van der Waals surface area contributed by atoms with Crippen LogP contribution in [0.3, 0.4) is 0 Å². The average Bonchev–Trinajstić information content (AvgIpc) is 3.03. The molecule has 3 N–H and O–H groups in total. The summed E-state index contributed by atoms with van der Waals surface area (Å²) < 4.78 is 18.7. The third kappa shape index (κ3) is 3.91. The summed E-state index contributed by atoms with van der Waals surface area (Å²) in [4.78, 5) is 15.3. The van der Waals surface area contributed by atoms with Gasteiger partial charge in [0.1, 0.15) is 0 Å². The van der Waals surface area contributed by atoms with Crippen LogP contribution in [0, 0.1) is 5.82 Å². The molecule has 0 aliphatic carbocycles. The summed E-state index contributed by atoms with van der Waals surface area (Å²) in [5.74, 6) is -0.272. The van der Waals surface area contributed by atoms with Crippen LogP contribution in [-0.2, 0) is 6.54 Å². The van der Waals surface area contributed by atoms with E-state index in [1.165, 1.54) is 13.2 Å². The molecule has 1 aromatic heterocycles. The van der Waals surface area contributed by atoms with Crippen LogP contribution < -0.4 is 15.4 Å². The topological polar surface area (TPSA) is 66.2 Å². The molecule has 5 nitrogen and oxygen atoms in total. The lowest BCUT2D eigenvalue weighted by atomic mass is 10.1. The fraction of sp³-hybridized carbons (Fsp3) is 0.211. The Bertz CT molecular complexity index is 858. The van der Waals surface area contributed by atoms with Crippen molar-refractivity contribution in [2.24, 2.45) is 0 Å². The van der Waals surface area contributed by atoms with Crippen molar-refractivity contribution in [2.75, 3.05) is 7.11 Å². The molecule has 1 heterocycles. The maximum absolute atomic E-state index is 13.8. The number of aromatic nitrogens is 1. The Kier molecular flexibility index (Phi) is 4.88. The number of carbonyl (C=O) groups is 1. The summed E-state index contributed by atoms with van der Waals surface area (Å²) in [6, 6.07) is 13.9. The monoisotopic (exact) mass is 341 g/mol. The summed E-state index contributed by atoms with van der Waals surface area (Å²) in [5.41, 5.74) is 2.61. The Morgan fingerprint density at radius 3 is 2.76 bits per heavy atom. The highest BCUT2D eigenvalue weighted by atomic mass is 19.1. The fourth-order valence-electron chi connectivity index (χ4n) is 2.69. The molecule has 130 valence electrons. The van der Waals surface area contributed by atoms with Gasteiger partial charge in [-0.05, 0) is 42.1 Å². The second kappa shape index (κ2) is 7.25. The number of methoxy groups -OCH3 is 1. The second-order valence-electron chi connectivity index (χ2n) is 5.82. The van der Waals surface area contributed by atoms with E-state index in [2.05, 4.69) is 15.6 Å². The standard InChI is InChI=1S/C19H20FN3O2/c1-12(13-7-8-18(25-2)16(20)10-13)22-19(24)21-11-15-9-14-5-3-4-6-17(14)23-15/h3-10,12,23H,11H2,1-2H3,(H2,21,22,24). The number of ether oxygens (including phenoxy) is 1. The normalized spacial score (nSPS) is 12.0. The molecule has 6 heteroatoms. The quantitative estimate of drug-likeness (QED) is 0.659. The maximum atomic E-state index is 13.8. The Hall–Kier alpha value is -3.02. The molecule has 0 bridgehead atoms. The minimum absolute atomic E-state index is 0.180. The zero-order chi connectivity index (χ0) is 17.8. The van der Waals surface area contributed by atoms with Crippen molar-refractivity contribution in [3.63, 3.8) is 0 Å². The molecule has 3 aromatic rings. The maximum Gasteiger partial charge on any atom is 0.315 e. The molecular formula is C19H20FN3O2. The van der Waals surface area contributed by atoms with Gasteiger partial charge in [-0.25, -0.2) is 9.18 Å². The van der Waals surface area contributed by atoms with Gasteiger partial charge in [0.15, 0.2) is 11.6 Å². The molecule has 0 fully saturated rings. The van der Waals surface area contributed by atoms with Crippen molar-refractivity contribution < 1.29 is 13.9 Å². The first-order valence-electron chi connectivity index (χ1n) is 8.01. The lowest BCUT2D eigenvalue weighted by molar-refractivity contribution is 0.237. The minimum atomic E-state index is -0.452. The Labute approximate surface area is 145 Å². The van der Waals surface area contributed by atoms with Gasteiger partial charge in [-0.1, -0.05) is 24.3 Å². The Morgan fingerprint density at radius 1 is 1.24 bits per heavy atom. The van der Waals surface area contributed by atoms with Gasteiger partial charge in [-0.15, -0.1) is 0 Å². The molecule has 25 heavy (non-hydrogen) atoms. The van der Waals surface area contributed by atoms with Crippen LogP contribution in [0.2, 0.25) is 0 Å². The van der Waals surface area contributed by atoms with Gasteiger partial charge in [-0.3, -0.25) is 0 Å². The Balaban J connectivity index is 1.57. The highest BCUT2D eigenvalue weighted by Gasteiger charge is 2.12. The number of urea groups is 1. The predicted molar refractivity (Wildman–Crippen MR) is 95.0 cm³/mol. The van der Waals surface area contributed by atoms with Gasteiger partial charge in [0.25, 0.3) is 0 Å². The smallest absolute Gasteiger partial charge is 0.315 e. The van der Waals surface area contributed by atoms with Gasteiger partial charge >= 0.3 is 6.03 Å². The van der Waals surface area contributed by atoms with Crippen LogP contribution >= 0.6 is 0 Å². The molecule has 1 unspecified atom stereocenters. The van der Waals surface area contributed by atoms with Crippen molar-refractivity contribution in [3.05, 3.63) is 65.6 Å². The molecular weight excluding hydrogens is 321 g/mol. The zero-order valence-corrected chi connectivity index (χ0v) is 14.1. The third-order valence-corrected chi connectivity index (χ3v) is 4.05. The minimum Gasteiger partial charge on any atom is -0.494 e. The number of para-hydroxylation sites is 1. The molecule has 0 saturated heterocycles. The molecule has 2 aromatic carbocycles. The summed E-state index contributed by atoms with van der Waals surface area (Å²) in [5, 5.41) is 6.69. The third-order valence-electron chi connectivity index (χ3n) is 4.05. The van der Waals surface area contributed by atoms with E-state index in [0.717, 1.165) is 16.6 Å². The van der Waals surface area contributed by atoms with Crippen LogP contribution in [0.25, 0.3) is 10.9 Å². The molecule has 3 rings (SSSR count). The fourth-order valence-corrected chi connectivity index (χ4v) is 2.69. The van der Waals surface area contributed by atoms with Crippen LogP contribution in [-0.4, -0.2) is 18.1 Å². The Morgan fingerprint density at radius 2 is 2.04 bits per heavy atom. The van der Waals surface area contributed by atoms with Gasteiger partial charge in [-0.2, -0.15) is 0 Å². The van der Waals surface area contributed by atoms with E-state index in [9.17, 15) is 9.18 Å². The summed E-state index contributed by atoms with van der Waals surface area (Å²) >= 11 is 0. The van der Waals surface area contributed by atoms with Crippen LogP contribution in [0.5, 0.6) is 5.75 Å². The lowest BCUT2D eigenvalue weighted by Gasteiger charge is -2.15. The molecule has 0 radical (unpaired) electrons. The number of hydrogen-bond donors (Lipinski definition) is 3. The number of rotatable bonds is 5. The van der Waals surface area contributed by atoms with E-state index in [0.29, 0.717) is 12.1 Å². The second-order valence-corrected chi connectivity index (χ2v) is 5.82. The summed E-state index contributed by atoms with van der Waals surface area (Å²) in [6.45, 7) is 2.17. The predicted octanol–water partition coefficient (Wildman–Crippen LogP) is 3.88. The SMILES string of the molecule is COc1ccc(C(C)NC(=O)NCc2cc3ccccc3[nH]2)cc1F. The average molecular weight is 341 g/mol. The van der Waals surface area contributed by atoms with Gasteiger partial charge in [0.05, 0.1) is 19.7 Å². The molecule has 1 atom stereocenters. The summed E-state index contributed by atoms with van der Waals surface area (Å²) in [7, 11) is 1.41. The van der Waals surface area contributed by atoms with Crippen molar-refractivity contribution >= 4 is 16.9 Å². The van der Waals surface area contributed by atoms with E-state index >= 15 is 0 Å². The van der Waals surface area contributed by atoms with Gasteiger partial charge in [0.2, 0.25) is 0 Å². The number of hydrogen-bond acceptors (Lipinski definition) is 2. The van der Waals surface area contributed by atoms with Crippen LogP contribution in [0.4, 0.5) is 9.18 Å². The highest BCUT2D eigenvalue weighted by molar-refractivity contribution is 5.80. The van der Waals surface area contributed by atoms with Crippen molar-refractivity contribution in [1.29, 1.82) is 0 Å². The van der Waals surface area contributed by atoms with Crippen LogP contribution in [0.1, 0.15) is 24.2 Å². The van der Waals surface area contributed by atoms with E-state index in [1.807, 2.05) is 30.3 Å². The number of halogens is 1. The van der Waals surface area contributed by atoms with Crippen molar-refractivity contribution in [2.45, 2.75) is 19.5 Å². The summed E-state index contributed by atoms with van der Waals surface area (Å²) in [6.07, 6.45) is 0. The number of carbonyl (C=O) groups excluding carboxylic acids is 1. The van der Waals surface area contributed by atoms with Crippen molar-refractivity contribution in [1.82, 2.24) is 15.6 Å². The van der Waals surface area contributed by atoms with E-state index < -0.39 is 5.82 Å². The van der Waals surface area contributed by atoms with E-state index in [-0.39, 0.29) is 17.8 Å². The zero-order valence-electron chi connectivity index (χ0n) is 14.1. The number of benzene rings is 2. The molecule has 2 amide bonds. The van der Waals surface area contributed by atoms with E-state index in [4.69, 9.17) is 4.74 Å². The first-order chi connectivity index (χ1) is 12.1. The molecule has 0 aliphatic heterocycles. The molecule has 0 aliphatic rings. The number of nitrogens with one attached hydrogen (secondary N) is 3. The largest absolute Gasteiger partial charge is 0.494 e. The van der Waals surface area contributed by atoms with Gasteiger partial charge < -0.3 is 20.4 Å². The van der Waals surface area contributed by atoms with Crippen molar-refractivity contribution in [3.8, 4) is 5.75 Å². The van der Waals surface area contributed by atoms with E-state index in [1.54, 1.807) is 19.1 Å². The van der Waals surface area contributed by atoms with Gasteiger partial charge in [0, 0.05) is 11.2 Å². The lowest BCUT2D eigenvalue weighted by Crippen LogP contribution is -2.36. The van der Waals surface area contributed by atoms with Crippen LogP contribution in [0.15, 0.2) is 48.5 Å².